The fraction of sp³-hybridized carbons (Fsp3) is 0.471. The molecule has 1 amide bonds. The van der Waals surface area contributed by atoms with Gasteiger partial charge in [-0.3, -0.25) is 4.79 Å². The molecule has 0 spiro atoms. The first kappa shape index (κ1) is 14.6. The van der Waals surface area contributed by atoms with Gasteiger partial charge in [-0.15, -0.1) is 0 Å². The van der Waals surface area contributed by atoms with Crippen molar-refractivity contribution in [1.82, 2.24) is 4.90 Å². The van der Waals surface area contributed by atoms with E-state index in [0.717, 1.165) is 18.5 Å². The van der Waals surface area contributed by atoms with Gasteiger partial charge in [0.25, 0.3) is 5.91 Å². The summed E-state index contributed by atoms with van der Waals surface area (Å²) < 4.78 is 0. The van der Waals surface area contributed by atoms with E-state index in [1.54, 1.807) is 6.07 Å². The van der Waals surface area contributed by atoms with Gasteiger partial charge in [-0.05, 0) is 30.4 Å². The Morgan fingerprint density at radius 2 is 2.00 bits per heavy atom. The predicted molar refractivity (Wildman–Crippen MR) is 83.6 cm³/mol. The first-order valence-electron chi connectivity index (χ1n) is 7.14. The van der Waals surface area contributed by atoms with Crippen molar-refractivity contribution in [3.05, 3.63) is 41.0 Å². The van der Waals surface area contributed by atoms with Crippen LogP contribution in [-0.4, -0.2) is 23.9 Å². The molecule has 1 heterocycles. The molecule has 1 aliphatic rings. The molecule has 3 nitrogen and oxygen atoms in total. The second kappa shape index (κ2) is 5.31. The van der Waals surface area contributed by atoms with Gasteiger partial charge in [0.05, 0.1) is 5.56 Å². The van der Waals surface area contributed by atoms with Gasteiger partial charge < -0.3 is 10.6 Å². The van der Waals surface area contributed by atoms with Crippen molar-refractivity contribution in [3.8, 4) is 0 Å². The van der Waals surface area contributed by atoms with E-state index in [2.05, 4.69) is 26.8 Å². The minimum atomic E-state index is 0.0461. The van der Waals surface area contributed by atoms with E-state index >= 15 is 0 Å². The number of aryl methyl sites for hydroxylation is 1. The van der Waals surface area contributed by atoms with Crippen LogP contribution in [0.4, 0.5) is 5.69 Å². The second-order valence-corrected chi connectivity index (χ2v) is 6.52. The van der Waals surface area contributed by atoms with Gasteiger partial charge in [0.15, 0.2) is 0 Å². The maximum atomic E-state index is 12.6. The van der Waals surface area contributed by atoms with Crippen molar-refractivity contribution in [1.29, 1.82) is 0 Å². The normalized spacial score (nSPS) is 16.0. The number of hydrogen-bond donors (Lipinski definition) is 1. The summed E-state index contributed by atoms with van der Waals surface area (Å²) >= 11 is 0. The van der Waals surface area contributed by atoms with Crippen LogP contribution < -0.4 is 5.73 Å². The monoisotopic (exact) mass is 272 g/mol. The summed E-state index contributed by atoms with van der Waals surface area (Å²) in [6.45, 7) is 10.0. The summed E-state index contributed by atoms with van der Waals surface area (Å²) in [5, 5.41) is 0. The summed E-state index contributed by atoms with van der Waals surface area (Å²) in [7, 11) is 0. The van der Waals surface area contributed by atoms with Crippen molar-refractivity contribution < 1.29 is 4.79 Å². The van der Waals surface area contributed by atoms with E-state index in [0.29, 0.717) is 17.8 Å². The average molecular weight is 272 g/mol. The van der Waals surface area contributed by atoms with Crippen LogP contribution in [0.15, 0.2) is 29.8 Å². The lowest BCUT2D eigenvalue weighted by molar-refractivity contribution is 0.0765. The maximum absolute atomic E-state index is 12.6. The van der Waals surface area contributed by atoms with E-state index in [1.807, 2.05) is 24.0 Å². The quantitative estimate of drug-likeness (QED) is 0.629. The second-order valence-electron chi connectivity index (χ2n) is 6.52. The number of benzene rings is 1. The Balaban J connectivity index is 2.19. The minimum Gasteiger partial charge on any atom is -0.398 e. The number of anilines is 1. The first-order valence-corrected chi connectivity index (χ1v) is 7.14. The molecule has 0 bridgehead atoms. The molecule has 108 valence electrons. The molecule has 1 aromatic carbocycles. The zero-order valence-electron chi connectivity index (χ0n) is 12.9. The summed E-state index contributed by atoms with van der Waals surface area (Å²) in [5.41, 5.74) is 9.75. The summed E-state index contributed by atoms with van der Waals surface area (Å²) in [5.74, 6) is 0.0461. The molecule has 0 radical (unpaired) electrons. The van der Waals surface area contributed by atoms with Crippen LogP contribution in [-0.2, 0) is 0 Å². The lowest BCUT2D eigenvalue weighted by Crippen LogP contribution is -2.37. The molecular weight excluding hydrogens is 248 g/mol. The molecule has 20 heavy (non-hydrogen) atoms. The number of hydrogen-bond acceptors (Lipinski definition) is 2. The fourth-order valence-corrected chi connectivity index (χ4v) is 2.68. The lowest BCUT2D eigenvalue weighted by atomic mass is 9.83. The third kappa shape index (κ3) is 2.87. The highest BCUT2D eigenvalue weighted by Gasteiger charge is 2.25. The highest BCUT2D eigenvalue weighted by atomic mass is 16.2. The van der Waals surface area contributed by atoms with Gasteiger partial charge in [-0.2, -0.15) is 0 Å². The molecule has 2 N–H and O–H groups in total. The van der Waals surface area contributed by atoms with E-state index in [4.69, 9.17) is 5.73 Å². The molecule has 0 aliphatic carbocycles. The highest BCUT2D eigenvalue weighted by Crippen LogP contribution is 2.31. The molecule has 0 aromatic heterocycles. The fourth-order valence-electron chi connectivity index (χ4n) is 2.68. The van der Waals surface area contributed by atoms with Crippen molar-refractivity contribution in [3.63, 3.8) is 0 Å². The Hall–Kier alpha value is -1.77. The van der Waals surface area contributed by atoms with Gasteiger partial charge in [0.1, 0.15) is 0 Å². The van der Waals surface area contributed by atoms with Gasteiger partial charge in [-0.25, -0.2) is 0 Å². The average Bonchev–Trinajstić information content (AvgIpc) is 2.37. The largest absolute Gasteiger partial charge is 0.398 e. The number of carbonyl (C=O) groups is 1. The molecule has 0 fully saturated rings. The molecule has 0 saturated carbocycles. The molecule has 0 unspecified atom stereocenters. The van der Waals surface area contributed by atoms with E-state index < -0.39 is 0 Å². The SMILES string of the molecule is Cc1cccc(N)c1C(=O)N1CC=C(C(C)(C)C)CC1. The van der Waals surface area contributed by atoms with Crippen LogP contribution >= 0.6 is 0 Å². The molecule has 3 heteroatoms. The zero-order valence-corrected chi connectivity index (χ0v) is 12.9. The minimum absolute atomic E-state index is 0.0461. The molecule has 2 rings (SSSR count). The molecular formula is C17H24N2O. The zero-order chi connectivity index (χ0) is 14.9. The van der Waals surface area contributed by atoms with Gasteiger partial charge in [-0.1, -0.05) is 44.6 Å². The van der Waals surface area contributed by atoms with Crippen molar-refractivity contribution in [2.45, 2.75) is 34.1 Å². The van der Waals surface area contributed by atoms with Gasteiger partial charge in [0, 0.05) is 18.8 Å². The topological polar surface area (TPSA) is 46.3 Å². The smallest absolute Gasteiger partial charge is 0.256 e. The van der Waals surface area contributed by atoms with Crippen LogP contribution in [0.25, 0.3) is 0 Å². The summed E-state index contributed by atoms with van der Waals surface area (Å²) in [6, 6.07) is 5.61. The van der Waals surface area contributed by atoms with Crippen LogP contribution in [0, 0.1) is 12.3 Å². The number of rotatable bonds is 1. The van der Waals surface area contributed by atoms with Crippen LogP contribution in [0.1, 0.15) is 43.1 Å². The molecule has 0 saturated heterocycles. The molecule has 0 atom stereocenters. The lowest BCUT2D eigenvalue weighted by Gasteiger charge is -2.32. The number of amides is 1. The Morgan fingerprint density at radius 3 is 2.50 bits per heavy atom. The van der Waals surface area contributed by atoms with Crippen LogP contribution in [0.2, 0.25) is 0 Å². The Bertz CT molecular complexity index is 532. The number of nitrogens with zero attached hydrogens (tertiary/aromatic N) is 1. The van der Waals surface area contributed by atoms with E-state index in [-0.39, 0.29) is 11.3 Å². The van der Waals surface area contributed by atoms with Crippen molar-refractivity contribution in [2.75, 3.05) is 18.8 Å². The van der Waals surface area contributed by atoms with Crippen molar-refractivity contribution >= 4 is 11.6 Å². The number of nitrogens with two attached hydrogens (primary N) is 1. The molecule has 1 aliphatic heterocycles. The van der Waals surface area contributed by atoms with E-state index in [9.17, 15) is 4.79 Å². The van der Waals surface area contributed by atoms with Crippen molar-refractivity contribution in [2.24, 2.45) is 5.41 Å². The Kier molecular flexibility index (Phi) is 3.89. The first-order chi connectivity index (χ1) is 9.30. The Labute approximate surface area is 121 Å². The third-order valence-electron chi connectivity index (χ3n) is 3.98. The standard InChI is InChI=1S/C17H24N2O/c1-12-6-5-7-14(18)15(12)16(20)19-10-8-13(9-11-19)17(2,3)4/h5-8H,9-11,18H2,1-4H3. The number of carbonyl (C=O) groups excluding carboxylic acids is 1. The summed E-state index contributed by atoms with van der Waals surface area (Å²) in [4.78, 5) is 14.5. The third-order valence-corrected chi connectivity index (χ3v) is 3.98. The van der Waals surface area contributed by atoms with Crippen LogP contribution in [0.5, 0.6) is 0 Å². The van der Waals surface area contributed by atoms with E-state index in [1.165, 1.54) is 5.57 Å². The van der Waals surface area contributed by atoms with Gasteiger partial charge in [0.2, 0.25) is 0 Å². The number of nitrogen functional groups attached to an aromatic ring is 1. The molecule has 1 aromatic rings. The Morgan fingerprint density at radius 1 is 1.30 bits per heavy atom. The maximum Gasteiger partial charge on any atom is 0.256 e. The van der Waals surface area contributed by atoms with Crippen LogP contribution in [0.3, 0.4) is 0 Å². The highest BCUT2D eigenvalue weighted by molar-refractivity contribution is 6.00. The van der Waals surface area contributed by atoms with Gasteiger partial charge >= 0.3 is 0 Å². The predicted octanol–water partition coefficient (Wildman–Crippen LogP) is 3.40. The summed E-state index contributed by atoms with van der Waals surface area (Å²) in [6.07, 6.45) is 3.14.